The van der Waals surface area contributed by atoms with Crippen LogP contribution in [0.15, 0.2) is 54.6 Å². The molecule has 0 spiro atoms. The van der Waals surface area contributed by atoms with E-state index in [2.05, 4.69) is 22.8 Å². The predicted octanol–water partition coefficient (Wildman–Crippen LogP) is 5.03. The molecule has 6 heteroatoms. The Hall–Kier alpha value is -3.15. The molecule has 0 unspecified atom stereocenters. The standard InChI is InChI=1S/C27H34N2O4/c30-25(17-8-18-26(31)33-19-9-12-21-10-3-1-4-11-21)28-24-16-7-13-22(20-24)27(32)29-23-14-5-2-6-15-23/h1,3-4,7,10-11,13,16,20,23H,2,5-6,8-9,12,14-15,17-19H2,(H,28,30)(H,29,32). The van der Waals surface area contributed by atoms with E-state index in [-0.39, 0.29) is 36.7 Å². The van der Waals surface area contributed by atoms with Crippen molar-refractivity contribution in [2.24, 2.45) is 0 Å². The molecule has 2 amide bonds. The van der Waals surface area contributed by atoms with Crippen LogP contribution in [-0.2, 0) is 20.7 Å². The van der Waals surface area contributed by atoms with Crippen molar-refractivity contribution < 1.29 is 19.1 Å². The molecule has 2 aromatic rings. The molecule has 0 atom stereocenters. The van der Waals surface area contributed by atoms with Crippen LogP contribution < -0.4 is 10.6 Å². The fourth-order valence-corrected chi connectivity index (χ4v) is 4.05. The van der Waals surface area contributed by atoms with Gasteiger partial charge in [-0.2, -0.15) is 0 Å². The van der Waals surface area contributed by atoms with Gasteiger partial charge < -0.3 is 15.4 Å². The molecular formula is C27H34N2O4. The highest BCUT2D eigenvalue weighted by Crippen LogP contribution is 2.18. The minimum Gasteiger partial charge on any atom is -0.466 e. The van der Waals surface area contributed by atoms with E-state index in [9.17, 15) is 14.4 Å². The molecule has 6 nitrogen and oxygen atoms in total. The summed E-state index contributed by atoms with van der Waals surface area (Å²) in [6, 6.07) is 17.3. The lowest BCUT2D eigenvalue weighted by Gasteiger charge is -2.22. The van der Waals surface area contributed by atoms with Crippen LogP contribution in [0, 0.1) is 0 Å². The zero-order valence-electron chi connectivity index (χ0n) is 19.2. The number of hydrogen-bond acceptors (Lipinski definition) is 4. The van der Waals surface area contributed by atoms with Gasteiger partial charge >= 0.3 is 5.97 Å². The van der Waals surface area contributed by atoms with Gasteiger partial charge in [-0.25, -0.2) is 0 Å². The first-order valence-corrected chi connectivity index (χ1v) is 12.0. The van der Waals surface area contributed by atoms with Gasteiger partial charge in [-0.1, -0.05) is 55.7 Å². The van der Waals surface area contributed by atoms with Gasteiger partial charge in [0.1, 0.15) is 0 Å². The van der Waals surface area contributed by atoms with Crippen molar-refractivity contribution in [3.05, 3.63) is 65.7 Å². The van der Waals surface area contributed by atoms with E-state index in [0.717, 1.165) is 38.5 Å². The summed E-state index contributed by atoms with van der Waals surface area (Å²) >= 11 is 0. The number of nitrogens with one attached hydrogen (secondary N) is 2. The quantitative estimate of drug-likeness (QED) is 0.371. The Labute approximate surface area is 196 Å². The van der Waals surface area contributed by atoms with Crippen molar-refractivity contribution in [1.82, 2.24) is 5.32 Å². The third-order valence-corrected chi connectivity index (χ3v) is 5.85. The SMILES string of the molecule is O=C(CCCC(=O)OCCCc1ccccc1)Nc1cccc(C(=O)NC2CCCCC2)c1. The summed E-state index contributed by atoms with van der Waals surface area (Å²) in [5.74, 6) is -0.568. The fraction of sp³-hybridized carbons (Fsp3) is 0.444. The zero-order valence-corrected chi connectivity index (χ0v) is 19.2. The van der Waals surface area contributed by atoms with Crippen molar-refractivity contribution in [2.75, 3.05) is 11.9 Å². The summed E-state index contributed by atoms with van der Waals surface area (Å²) < 4.78 is 5.25. The number of carbonyl (C=O) groups excluding carboxylic acids is 3. The van der Waals surface area contributed by atoms with E-state index in [0.29, 0.717) is 24.3 Å². The van der Waals surface area contributed by atoms with Crippen LogP contribution in [0.4, 0.5) is 5.69 Å². The summed E-state index contributed by atoms with van der Waals surface area (Å²) in [6.07, 6.45) is 8.10. The monoisotopic (exact) mass is 450 g/mol. The Morgan fingerprint density at radius 1 is 0.879 bits per heavy atom. The van der Waals surface area contributed by atoms with Crippen LogP contribution in [0.25, 0.3) is 0 Å². The first kappa shape index (κ1) is 24.5. The summed E-state index contributed by atoms with van der Waals surface area (Å²) in [6.45, 7) is 0.385. The Bertz CT molecular complexity index is 907. The Morgan fingerprint density at radius 3 is 2.45 bits per heavy atom. The van der Waals surface area contributed by atoms with Gasteiger partial charge in [0.25, 0.3) is 5.91 Å². The molecule has 3 rings (SSSR count). The molecule has 33 heavy (non-hydrogen) atoms. The molecule has 0 heterocycles. The van der Waals surface area contributed by atoms with Gasteiger partial charge in [0.05, 0.1) is 6.61 Å². The highest BCUT2D eigenvalue weighted by atomic mass is 16.5. The van der Waals surface area contributed by atoms with E-state index in [1.165, 1.54) is 12.0 Å². The van der Waals surface area contributed by atoms with Crippen molar-refractivity contribution in [3.8, 4) is 0 Å². The summed E-state index contributed by atoms with van der Waals surface area (Å²) in [5, 5.41) is 5.90. The molecule has 1 aliphatic rings. The van der Waals surface area contributed by atoms with Gasteiger partial charge in [-0.05, 0) is 55.9 Å². The average molecular weight is 451 g/mol. The van der Waals surface area contributed by atoms with Crippen LogP contribution in [0.1, 0.15) is 73.7 Å². The summed E-state index contributed by atoms with van der Waals surface area (Å²) in [5.41, 5.74) is 2.35. The number of amides is 2. The summed E-state index contributed by atoms with van der Waals surface area (Å²) in [4.78, 5) is 36.6. The first-order chi connectivity index (χ1) is 16.1. The maximum Gasteiger partial charge on any atom is 0.305 e. The third kappa shape index (κ3) is 9.08. The molecule has 0 bridgehead atoms. The number of esters is 1. The molecule has 1 saturated carbocycles. The smallest absolute Gasteiger partial charge is 0.305 e. The second-order valence-corrected chi connectivity index (χ2v) is 8.60. The lowest BCUT2D eigenvalue weighted by Crippen LogP contribution is -2.36. The molecule has 0 aromatic heterocycles. The molecule has 2 N–H and O–H groups in total. The van der Waals surface area contributed by atoms with Crippen molar-refractivity contribution in [2.45, 2.75) is 70.3 Å². The summed E-state index contributed by atoms with van der Waals surface area (Å²) in [7, 11) is 0. The highest BCUT2D eigenvalue weighted by molar-refractivity contribution is 5.97. The number of anilines is 1. The molecule has 176 valence electrons. The van der Waals surface area contributed by atoms with Crippen molar-refractivity contribution >= 4 is 23.5 Å². The van der Waals surface area contributed by atoms with Crippen LogP contribution >= 0.6 is 0 Å². The minimum absolute atomic E-state index is 0.104. The molecule has 1 fully saturated rings. The lowest BCUT2D eigenvalue weighted by atomic mass is 9.95. The number of benzene rings is 2. The van der Waals surface area contributed by atoms with Crippen molar-refractivity contribution in [3.63, 3.8) is 0 Å². The number of carbonyl (C=O) groups is 3. The average Bonchev–Trinajstić information content (AvgIpc) is 2.83. The molecule has 1 aliphatic carbocycles. The second-order valence-electron chi connectivity index (χ2n) is 8.60. The molecule has 0 aliphatic heterocycles. The fourth-order valence-electron chi connectivity index (χ4n) is 4.05. The van der Waals surface area contributed by atoms with E-state index < -0.39 is 0 Å². The zero-order chi connectivity index (χ0) is 23.3. The number of ether oxygens (including phenoxy) is 1. The van der Waals surface area contributed by atoms with Gasteiger partial charge in [-0.15, -0.1) is 0 Å². The van der Waals surface area contributed by atoms with Gasteiger partial charge in [0.2, 0.25) is 5.91 Å². The van der Waals surface area contributed by atoms with Crippen LogP contribution in [0.5, 0.6) is 0 Å². The van der Waals surface area contributed by atoms with Crippen molar-refractivity contribution in [1.29, 1.82) is 0 Å². The van der Waals surface area contributed by atoms with E-state index in [4.69, 9.17) is 4.74 Å². The van der Waals surface area contributed by atoms with E-state index in [1.807, 2.05) is 18.2 Å². The van der Waals surface area contributed by atoms with E-state index >= 15 is 0 Å². The topological polar surface area (TPSA) is 84.5 Å². The Balaban J connectivity index is 1.31. The minimum atomic E-state index is -0.280. The molecule has 0 saturated heterocycles. The third-order valence-electron chi connectivity index (χ3n) is 5.85. The van der Waals surface area contributed by atoms with Gasteiger partial charge in [0, 0.05) is 30.1 Å². The normalized spacial score (nSPS) is 13.8. The number of rotatable bonds is 11. The number of hydrogen-bond donors (Lipinski definition) is 2. The molecule has 0 radical (unpaired) electrons. The van der Waals surface area contributed by atoms with E-state index in [1.54, 1.807) is 24.3 Å². The molecular weight excluding hydrogens is 416 g/mol. The Morgan fingerprint density at radius 2 is 1.67 bits per heavy atom. The predicted molar refractivity (Wildman–Crippen MR) is 129 cm³/mol. The van der Waals surface area contributed by atoms with Crippen LogP contribution in [-0.4, -0.2) is 30.4 Å². The first-order valence-electron chi connectivity index (χ1n) is 12.0. The van der Waals surface area contributed by atoms with Crippen LogP contribution in [0.2, 0.25) is 0 Å². The largest absolute Gasteiger partial charge is 0.466 e. The lowest BCUT2D eigenvalue weighted by molar-refractivity contribution is -0.143. The maximum atomic E-state index is 12.5. The number of aryl methyl sites for hydroxylation is 1. The highest BCUT2D eigenvalue weighted by Gasteiger charge is 2.17. The maximum absolute atomic E-state index is 12.5. The van der Waals surface area contributed by atoms with Gasteiger partial charge in [0.15, 0.2) is 0 Å². The van der Waals surface area contributed by atoms with Gasteiger partial charge in [-0.3, -0.25) is 14.4 Å². The molecule has 2 aromatic carbocycles. The second kappa shape index (κ2) is 13.4. The van der Waals surface area contributed by atoms with Crippen LogP contribution in [0.3, 0.4) is 0 Å². The Kier molecular flexibility index (Phi) is 9.95.